The van der Waals surface area contributed by atoms with Crippen molar-refractivity contribution in [2.75, 3.05) is 6.26 Å². The van der Waals surface area contributed by atoms with Gasteiger partial charge in [-0.05, 0) is 55.9 Å². The standard InChI is InChI=1S/C11H16BBrO2S2/c1-10(2)11(3,4)15-12(14-10)8-6-7(13)9(16-5)17-8/h6H,1-5H3. The van der Waals surface area contributed by atoms with E-state index in [0.717, 1.165) is 9.25 Å². The van der Waals surface area contributed by atoms with Crippen LogP contribution in [0.5, 0.6) is 0 Å². The van der Waals surface area contributed by atoms with Crippen molar-refractivity contribution in [2.45, 2.75) is 43.1 Å². The van der Waals surface area contributed by atoms with Gasteiger partial charge >= 0.3 is 7.12 Å². The molecule has 0 aromatic carbocycles. The van der Waals surface area contributed by atoms with E-state index in [1.54, 1.807) is 23.1 Å². The van der Waals surface area contributed by atoms with Crippen LogP contribution in [-0.2, 0) is 9.31 Å². The Morgan fingerprint density at radius 1 is 1.24 bits per heavy atom. The fourth-order valence-corrected chi connectivity index (χ4v) is 4.33. The molecule has 2 heterocycles. The average molecular weight is 335 g/mol. The molecule has 2 nitrogen and oxygen atoms in total. The maximum absolute atomic E-state index is 6.02. The zero-order valence-electron chi connectivity index (χ0n) is 10.7. The van der Waals surface area contributed by atoms with Gasteiger partial charge in [-0.15, -0.1) is 23.1 Å². The minimum atomic E-state index is -0.270. The van der Waals surface area contributed by atoms with E-state index < -0.39 is 0 Å². The molecule has 0 unspecified atom stereocenters. The van der Waals surface area contributed by atoms with E-state index in [1.807, 2.05) is 0 Å². The second-order valence-electron chi connectivity index (χ2n) is 5.08. The molecule has 6 heteroatoms. The molecule has 0 N–H and O–H groups in total. The number of halogens is 1. The molecule has 1 saturated heterocycles. The maximum Gasteiger partial charge on any atom is 0.505 e. The molecule has 0 radical (unpaired) electrons. The summed E-state index contributed by atoms with van der Waals surface area (Å²) in [5.74, 6) is 0. The Kier molecular flexibility index (Phi) is 3.74. The molecule has 2 rings (SSSR count). The Bertz CT molecular complexity index is 415. The van der Waals surface area contributed by atoms with E-state index >= 15 is 0 Å². The summed E-state index contributed by atoms with van der Waals surface area (Å²) in [6.07, 6.45) is 2.07. The molecule has 94 valence electrons. The Labute approximate surface area is 120 Å². The van der Waals surface area contributed by atoms with Crippen LogP contribution < -0.4 is 4.78 Å². The third-order valence-corrected chi connectivity index (χ3v) is 6.79. The third kappa shape index (κ3) is 2.47. The lowest BCUT2D eigenvalue weighted by Crippen LogP contribution is -2.41. The van der Waals surface area contributed by atoms with E-state index in [-0.39, 0.29) is 18.3 Å². The van der Waals surface area contributed by atoms with Gasteiger partial charge in [-0.1, -0.05) is 0 Å². The lowest BCUT2D eigenvalue weighted by atomic mass is 9.88. The van der Waals surface area contributed by atoms with Crippen molar-refractivity contribution in [1.82, 2.24) is 0 Å². The summed E-state index contributed by atoms with van der Waals surface area (Å²) >= 11 is 7.02. The molecular weight excluding hydrogens is 319 g/mol. The molecule has 1 fully saturated rings. The van der Waals surface area contributed by atoms with Crippen LogP contribution in [-0.4, -0.2) is 24.6 Å². The fourth-order valence-electron chi connectivity index (χ4n) is 1.58. The molecule has 1 aliphatic heterocycles. The Balaban J connectivity index is 2.26. The van der Waals surface area contributed by atoms with E-state index in [9.17, 15) is 0 Å². The van der Waals surface area contributed by atoms with E-state index in [0.29, 0.717) is 0 Å². The van der Waals surface area contributed by atoms with Crippen LogP contribution in [0.4, 0.5) is 0 Å². The quantitative estimate of drug-likeness (QED) is 0.609. The third-order valence-electron chi connectivity index (χ3n) is 3.35. The van der Waals surface area contributed by atoms with Crippen LogP contribution in [0.15, 0.2) is 14.7 Å². The summed E-state index contributed by atoms with van der Waals surface area (Å²) in [5.41, 5.74) is -0.540. The van der Waals surface area contributed by atoms with Crippen molar-refractivity contribution in [2.24, 2.45) is 0 Å². The SMILES string of the molecule is CSc1sc(B2OC(C)(C)C(C)(C)O2)cc1Br. The number of hydrogen-bond acceptors (Lipinski definition) is 4. The zero-order valence-corrected chi connectivity index (χ0v) is 13.9. The largest absolute Gasteiger partial charge is 0.505 e. The first-order chi connectivity index (χ1) is 7.77. The topological polar surface area (TPSA) is 18.5 Å². The van der Waals surface area contributed by atoms with Crippen molar-refractivity contribution in [3.63, 3.8) is 0 Å². The summed E-state index contributed by atoms with van der Waals surface area (Å²) in [7, 11) is -0.248. The van der Waals surface area contributed by atoms with Crippen LogP contribution >= 0.6 is 39.0 Å². The van der Waals surface area contributed by atoms with Crippen LogP contribution in [0, 0.1) is 0 Å². The number of thioether (sulfide) groups is 1. The number of hydrogen-bond donors (Lipinski definition) is 0. The molecule has 0 saturated carbocycles. The second kappa shape index (κ2) is 4.56. The van der Waals surface area contributed by atoms with Gasteiger partial charge in [0.1, 0.15) is 0 Å². The van der Waals surface area contributed by atoms with Gasteiger partial charge in [-0.3, -0.25) is 0 Å². The first-order valence-corrected chi connectivity index (χ1v) is 8.29. The van der Waals surface area contributed by atoms with Crippen molar-refractivity contribution >= 4 is 50.9 Å². The minimum Gasteiger partial charge on any atom is -0.399 e. The summed E-state index contributed by atoms with van der Waals surface area (Å²) in [5, 5.41) is 0. The van der Waals surface area contributed by atoms with Gasteiger partial charge in [0.25, 0.3) is 0 Å². The van der Waals surface area contributed by atoms with Gasteiger partial charge in [-0.2, -0.15) is 0 Å². The van der Waals surface area contributed by atoms with Gasteiger partial charge in [0.05, 0.1) is 15.4 Å². The Morgan fingerprint density at radius 2 is 1.76 bits per heavy atom. The van der Waals surface area contributed by atoms with Crippen molar-refractivity contribution in [1.29, 1.82) is 0 Å². The minimum absolute atomic E-state index is 0.248. The molecular formula is C11H16BBrO2S2. The molecule has 17 heavy (non-hydrogen) atoms. The van der Waals surface area contributed by atoms with Crippen molar-refractivity contribution < 1.29 is 9.31 Å². The molecule has 0 atom stereocenters. The normalized spacial score (nSPS) is 22.1. The molecule has 0 bridgehead atoms. The Morgan fingerprint density at radius 3 is 2.18 bits per heavy atom. The zero-order chi connectivity index (χ0) is 12.8. The number of rotatable bonds is 2. The molecule has 0 spiro atoms. The maximum atomic E-state index is 6.02. The van der Waals surface area contributed by atoms with Crippen molar-refractivity contribution in [3.05, 3.63) is 10.5 Å². The lowest BCUT2D eigenvalue weighted by molar-refractivity contribution is 0.00578. The van der Waals surface area contributed by atoms with Crippen molar-refractivity contribution in [3.8, 4) is 0 Å². The smallest absolute Gasteiger partial charge is 0.399 e. The van der Waals surface area contributed by atoms with Crippen LogP contribution in [0.3, 0.4) is 0 Å². The van der Waals surface area contributed by atoms with E-state index in [2.05, 4.69) is 55.9 Å². The highest BCUT2D eigenvalue weighted by molar-refractivity contribution is 9.10. The highest BCUT2D eigenvalue weighted by Crippen LogP contribution is 2.38. The van der Waals surface area contributed by atoms with E-state index in [4.69, 9.17) is 9.31 Å². The summed E-state index contributed by atoms with van der Waals surface area (Å²) in [6.45, 7) is 8.30. The van der Waals surface area contributed by atoms with Gasteiger partial charge < -0.3 is 9.31 Å². The molecule has 1 aliphatic rings. The predicted octanol–water partition coefficient (Wildman–Crippen LogP) is 3.53. The van der Waals surface area contributed by atoms with Gasteiger partial charge in [0.15, 0.2) is 0 Å². The van der Waals surface area contributed by atoms with Crippen LogP contribution in [0.1, 0.15) is 27.7 Å². The van der Waals surface area contributed by atoms with Gasteiger partial charge in [0.2, 0.25) is 0 Å². The van der Waals surface area contributed by atoms with Crippen LogP contribution in [0.2, 0.25) is 0 Å². The number of thiophene rings is 1. The van der Waals surface area contributed by atoms with Gasteiger partial charge in [0, 0.05) is 9.25 Å². The second-order valence-corrected chi connectivity index (χ2v) is 8.09. The first kappa shape index (κ1) is 13.9. The highest BCUT2D eigenvalue weighted by atomic mass is 79.9. The lowest BCUT2D eigenvalue weighted by Gasteiger charge is -2.32. The highest BCUT2D eigenvalue weighted by Gasteiger charge is 2.52. The monoisotopic (exact) mass is 334 g/mol. The van der Waals surface area contributed by atoms with Crippen LogP contribution in [0.25, 0.3) is 0 Å². The first-order valence-electron chi connectivity index (χ1n) is 5.46. The molecule has 0 aliphatic carbocycles. The molecule has 1 aromatic heterocycles. The van der Waals surface area contributed by atoms with Gasteiger partial charge in [-0.25, -0.2) is 0 Å². The average Bonchev–Trinajstić information content (AvgIpc) is 2.66. The fraction of sp³-hybridized carbons (Fsp3) is 0.636. The molecule has 0 amide bonds. The summed E-state index contributed by atoms with van der Waals surface area (Å²) < 4.78 is 15.6. The summed E-state index contributed by atoms with van der Waals surface area (Å²) in [4.78, 5) is 0. The summed E-state index contributed by atoms with van der Waals surface area (Å²) in [6, 6.07) is 2.10. The van der Waals surface area contributed by atoms with E-state index in [1.165, 1.54) is 4.21 Å². The predicted molar refractivity (Wildman–Crippen MR) is 79.5 cm³/mol. The Hall–Kier alpha value is 0.515. The molecule has 1 aromatic rings.